The maximum atomic E-state index is 14.3. The molecule has 0 saturated carbocycles. The molecule has 1 aromatic rings. The fourth-order valence-electron chi connectivity index (χ4n) is 6.00. The Morgan fingerprint density at radius 2 is 1.89 bits per heavy atom. The van der Waals surface area contributed by atoms with E-state index in [1.54, 1.807) is 6.08 Å². The predicted octanol–water partition coefficient (Wildman–Crippen LogP) is 2.44. The van der Waals surface area contributed by atoms with Gasteiger partial charge in [0.05, 0.1) is 18.3 Å². The van der Waals surface area contributed by atoms with Gasteiger partial charge in [-0.2, -0.15) is 0 Å². The Balaban J connectivity index is 1.65. The van der Waals surface area contributed by atoms with Crippen molar-refractivity contribution in [1.82, 2.24) is 4.90 Å². The third-order valence-electron chi connectivity index (χ3n) is 7.53. The van der Waals surface area contributed by atoms with Crippen LogP contribution in [0, 0.1) is 23.6 Å². The number of rotatable bonds is 4. The summed E-state index contributed by atoms with van der Waals surface area (Å²) in [5, 5.41) is 19.6. The molecule has 0 spiro atoms. The second-order valence-electron chi connectivity index (χ2n) is 9.38. The van der Waals surface area contributed by atoms with Crippen LogP contribution >= 0.6 is 0 Å². The highest BCUT2D eigenvalue weighted by molar-refractivity contribution is 6.23. The highest BCUT2D eigenvalue weighted by Crippen LogP contribution is 2.56. The minimum atomic E-state index is -1.14. The van der Waals surface area contributed by atoms with Gasteiger partial charge in [-0.1, -0.05) is 23.8 Å². The zero-order valence-corrected chi connectivity index (χ0v) is 18.8. The number of aliphatic carboxylic acids is 1. The number of allylic oxidation sites excluding steroid dienone is 6. The van der Waals surface area contributed by atoms with Crippen LogP contribution in [-0.2, 0) is 24.0 Å². The summed E-state index contributed by atoms with van der Waals surface area (Å²) in [5.41, 5.74) is 1.30. The number of Topliss-reactive ketones (excluding diaryl/α,β-unsaturated/α-hetero) is 1. The molecule has 2 N–H and O–H groups in total. The lowest BCUT2D eigenvalue weighted by atomic mass is 9.59. The van der Waals surface area contributed by atoms with Crippen LogP contribution in [0.15, 0.2) is 52.6 Å². The van der Waals surface area contributed by atoms with Crippen molar-refractivity contribution in [3.8, 4) is 5.75 Å². The molecule has 180 valence electrons. The number of para-hydroxylation sites is 1. The summed E-state index contributed by atoms with van der Waals surface area (Å²) in [6.45, 7) is 1.27. The Bertz CT molecular complexity index is 1320. The first-order valence-corrected chi connectivity index (χ1v) is 11.4. The first kappa shape index (κ1) is 22.9. The summed E-state index contributed by atoms with van der Waals surface area (Å²) in [6.07, 6.45) is 2.83. The van der Waals surface area contributed by atoms with Crippen LogP contribution in [0.2, 0.25) is 0 Å². The molecule has 1 heterocycles. The molecule has 4 atom stereocenters. The number of aromatic hydroxyl groups is 1. The van der Waals surface area contributed by atoms with Crippen molar-refractivity contribution in [2.75, 3.05) is 6.54 Å². The second kappa shape index (κ2) is 8.11. The minimum Gasteiger partial charge on any atom is -0.505 e. The number of carboxylic acid groups (broad SMARTS) is 1. The molecule has 35 heavy (non-hydrogen) atoms. The van der Waals surface area contributed by atoms with E-state index in [1.165, 1.54) is 25.1 Å². The smallest absolute Gasteiger partial charge is 0.305 e. The predicted molar refractivity (Wildman–Crippen MR) is 118 cm³/mol. The number of likely N-dealkylation sites (tertiary alicyclic amines) is 1. The van der Waals surface area contributed by atoms with Crippen molar-refractivity contribution in [3.05, 3.63) is 64.0 Å². The number of nitrogens with zero attached hydrogens (tertiary/aromatic N) is 1. The summed E-state index contributed by atoms with van der Waals surface area (Å²) < 4.78 is 14.3. The van der Waals surface area contributed by atoms with Crippen molar-refractivity contribution < 1.29 is 38.6 Å². The maximum absolute atomic E-state index is 14.3. The molecule has 1 aliphatic heterocycles. The molecule has 4 unspecified atom stereocenters. The van der Waals surface area contributed by atoms with Gasteiger partial charge in [-0.3, -0.25) is 28.9 Å². The average molecular weight is 479 g/mol. The van der Waals surface area contributed by atoms with E-state index in [1.807, 2.05) is 0 Å². The zero-order valence-electron chi connectivity index (χ0n) is 18.8. The van der Waals surface area contributed by atoms with E-state index in [4.69, 9.17) is 5.11 Å². The van der Waals surface area contributed by atoms with E-state index in [-0.39, 0.29) is 53.9 Å². The van der Waals surface area contributed by atoms with Crippen molar-refractivity contribution in [2.45, 2.75) is 32.1 Å². The molecule has 8 nitrogen and oxygen atoms in total. The number of carbonyl (C=O) groups is 5. The van der Waals surface area contributed by atoms with Crippen LogP contribution in [0.4, 0.5) is 4.39 Å². The first-order chi connectivity index (χ1) is 16.6. The number of carbonyl (C=O) groups excluding carboxylic acids is 4. The van der Waals surface area contributed by atoms with Gasteiger partial charge in [0.1, 0.15) is 0 Å². The number of benzene rings is 1. The summed E-state index contributed by atoms with van der Waals surface area (Å²) in [7, 11) is 0. The molecule has 4 aliphatic rings. The molecule has 9 heteroatoms. The third-order valence-corrected chi connectivity index (χ3v) is 7.53. The van der Waals surface area contributed by atoms with Gasteiger partial charge in [0.25, 0.3) is 0 Å². The highest BCUT2D eigenvalue weighted by atomic mass is 19.1. The third kappa shape index (κ3) is 3.37. The fraction of sp³-hybridized carbons (Fsp3) is 0.346. The van der Waals surface area contributed by atoms with Gasteiger partial charge in [0.15, 0.2) is 23.1 Å². The minimum absolute atomic E-state index is 0.0520. The molecule has 0 aromatic heterocycles. The molecular formula is C26H22FNO7. The number of fused-ring (bicyclic) bond motifs is 3. The monoisotopic (exact) mass is 479 g/mol. The number of phenolic OH excluding ortho intramolecular Hbond substituents is 1. The summed E-state index contributed by atoms with van der Waals surface area (Å²) >= 11 is 0. The Morgan fingerprint density at radius 1 is 1.14 bits per heavy atom. The van der Waals surface area contributed by atoms with E-state index in [0.29, 0.717) is 5.57 Å². The van der Waals surface area contributed by atoms with Crippen molar-refractivity contribution in [2.24, 2.45) is 17.8 Å². The first-order valence-electron chi connectivity index (χ1n) is 11.4. The largest absolute Gasteiger partial charge is 0.505 e. The van der Waals surface area contributed by atoms with Crippen LogP contribution in [0.25, 0.3) is 0 Å². The fourth-order valence-corrected chi connectivity index (χ4v) is 6.00. The SMILES string of the molecule is CC1=CC(=O)C2=C(CC3C(=CCC4C(=O)N(CCC(=O)O)C(=O)C43)C2c2cccc(F)c2O)C1=O. The number of ketones is 2. The highest BCUT2D eigenvalue weighted by Gasteiger charge is 2.56. The van der Waals surface area contributed by atoms with Crippen LogP contribution < -0.4 is 0 Å². The van der Waals surface area contributed by atoms with Gasteiger partial charge in [-0.25, -0.2) is 4.39 Å². The number of amides is 2. The van der Waals surface area contributed by atoms with Gasteiger partial charge in [-0.05, 0) is 37.8 Å². The summed E-state index contributed by atoms with van der Waals surface area (Å²) in [4.78, 5) is 64.6. The van der Waals surface area contributed by atoms with E-state index < -0.39 is 58.8 Å². The quantitative estimate of drug-likeness (QED) is 0.386. The van der Waals surface area contributed by atoms with E-state index in [9.17, 15) is 33.5 Å². The molecule has 1 aromatic carbocycles. The summed E-state index contributed by atoms with van der Waals surface area (Å²) in [5.74, 6) is -7.52. The lowest BCUT2D eigenvalue weighted by Crippen LogP contribution is -2.40. The standard InChI is InChI=1S/C26H22FNO7/c1-11-9-18(29)22-16(23(11)32)10-15-12(20(22)13-3-2-4-17(27)24(13)33)5-6-14-21(15)26(35)28(25(14)34)8-7-19(30)31/h2-5,9,14-15,20-21,33H,6-8,10H2,1H3,(H,30,31). The zero-order chi connectivity index (χ0) is 25.2. The van der Waals surface area contributed by atoms with Gasteiger partial charge >= 0.3 is 5.97 Å². The Hall–Kier alpha value is -3.88. The lowest BCUT2D eigenvalue weighted by molar-refractivity contribution is -0.142. The maximum Gasteiger partial charge on any atom is 0.305 e. The summed E-state index contributed by atoms with van der Waals surface area (Å²) in [6, 6.07) is 3.96. The van der Waals surface area contributed by atoms with Crippen molar-refractivity contribution in [1.29, 1.82) is 0 Å². The van der Waals surface area contributed by atoms with Gasteiger partial charge in [0.2, 0.25) is 11.8 Å². The molecule has 0 radical (unpaired) electrons. The molecule has 5 rings (SSSR count). The second-order valence-corrected chi connectivity index (χ2v) is 9.38. The molecule has 2 amide bonds. The van der Waals surface area contributed by atoms with Crippen LogP contribution in [0.5, 0.6) is 5.75 Å². The van der Waals surface area contributed by atoms with E-state index in [0.717, 1.165) is 11.0 Å². The van der Waals surface area contributed by atoms with E-state index in [2.05, 4.69) is 0 Å². The van der Waals surface area contributed by atoms with E-state index >= 15 is 0 Å². The Morgan fingerprint density at radius 3 is 2.60 bits per heavy atom. The number of hydrogen-bond donors (Lipinski definition) is 2. The molecule has 1 saturated heterocycles. The van der Waals surface area contributed by atoms with Gasteiger partial charge < -0.3 is 10.2 Å². The van der Waals surface area contributed by atoms with Crippen molar-refractivity contribution in [3.63, 3.8) is 0 Å². The Labute approximate surface area is 199 Å². The molecule has 3 aliphatic carbocycles. The molecule has 0 bridgehead atoms. The number of hydrogen-bond acceptors (Lipinski definition) is 6. The normalized spacial score (nSPS) is 27.9. The Kier molecular flexibility index (Phi) is 5.30. The number of halogens is 1. The van der Waals surface area contributed by atoms with Crippen molar-refractivity contribution >= 4 is 29.4 Å². The van der Waals surface area contributed by atoms with Crippen LogP contribution in [-0.4, -0.2) is 51.0 Å². The van der Waals surface area contributed by atoms with Gasteiger partial charge in [0, 0.05) is 34.7 Å². The molecule has 1 fully saturated rings. The van der Waals surface area contributed by atoms with Crippen LogP contribution in [0.3, 0.4) is 0 Å². The number of imide groups is 1. The lowest BCUT2D eigenvalue weighted by Gasteiger charge is -2.42. The van der Waals surface area contributed by atoms with Crippen LogP contribution in [0.1, 0.15) is 37.7 Å². The molecular weight excluding hydrogens is 457 g/mol. The van der Waals surface area contributed by atoms with Gasteiger partial charge in [-0.15, -0.1) is 0 Å². The average Bonchev–Trinajstić information content (AvgIpc) is 3.06. The number of phenols is 1. The number of carboxylic acids is 1. The topological polar surface area (TPSA) is 129 Å².